The fourth-order valence-electron chi connectivity index (χ4n) is 2.42. The molecule has 2 N–H and O–H groups in total. The molecule has 3 aromatic rings. The highest BCUT2D eigenvalue weighted by Crippen LogP contribution is 2.29. The van der Waals surface area contributed by atoms with Crippen LogP contribution in [0, 0.1) is 13.8 Å². The van der Waals surface area contributed by atoms with Gasteiger partial charge in [0.15, 0.2) is 0 Å². The average Bonchev–Trinajstić information content (AvgIpc) is 2.89. The van der Waals surface area contributed by atoms with Crippen LogP contribution in [-0.2, 0) is 0 Å². The van der Waals surface area contributed by atoms with E-state index in [0.29, 0.717) is 27.0 Å². The first-order valence-corrected chi connectivity index (χ1v) is 9.24. The number of hydrogen-bond donors (Lipinski definition) is 2. The minimum absolute atomic E-state index is 0.188. The van der Waals surface area contributed by atoms with Crippen molar-refractivity contribution in [3.63, 3.8) is 0 Å². The number of anilines is 1. The van der Waals surface area contributed by atoms with Gasteiger partial charge in [0.25, 0.3) is 5.56 Å². The quantitative estimate of drug-likeness (QED) is 0.416. The number of aromatic amines is 1. The Morgan fingerprint density at radius 3 is 2.73 bits per heavy atom. The minimum Gasteiger partial charge on any atom is -0.295 e. The number of nitrogens with zero attached hydrogens (tertiary/aromatic N) is 2. The van der Waals surface area contributed by atoms with Crippen molar-refractivity contribution in [2.45, 2.75) is 13.8 Å². The van der Waals surface area contributed by atoms with Crippen molar-refractivity contribution in [1.29, 1.82) is 0 Å². The van der Waals surface area contributed by atoms with Crippen molar-refractivity contribution in [2.24, 2.45) is 5.10 Å². The third kappa shape index (κ3) is 3.72. The summed E-state index contributed by atoms with van der Waals surface area (Å²) in [5.74, 6) is 0. The molecule has 0 saturated carbocycles. The molecule has 0 aliphatic carbocycles. The molecule has 0 fully saturated rings. The van der Waals surface area contributed by atoms with E-state index in [1.165, 1.54) is 10.9 Å². The van der Waals surface area contributed by atoms with Crippen molar-refractivity contribution >= 4 is 51.0 Å². The topological polar surface area (TPSA) is 62.2 Å². The molecule has 0 aliphatic rings. The Morgan fingerprint density at radius 2 is 2.00 bits per heavy atom. The van der Waals surface area contributed by atoms with Gasteiger partial charge in [0.05, 0.1) is 33.2 Å². The van der Waals surface area contributed by atoms with Gasteiger partial charge in [-0.1, -0.05) is 45.2 Å². The summed E-state index contributed by atoms with van der Waals surface area (Å²) in [5, 5.41) is 7.99. The normalized spacial score (nSPS) is 11.3. The second-order valence-electron chi connectivity index (χ2n) is 5.70. The van der Waals surface area contributed by atoms with E-state index in [2.05, 4.69) is 31.6 Å². The van der Waals surface area contributed by atoms with Gasteiger partial charge in [-0.15, -0.1) is 0 Å². The Morgan fingerprint density at radius 1 is 1.23 bits per heavy atom. The van der Waals surface area contributed by atoms with Gasteiger partial charge in [0.2, 0.25) is 0 Å². The van der Waals surface area contributed by atoms with Crippen LogP contribution >= 0.6 is 39.1 Å². The van der Waals surface area contributed by atoms with Crippen LogP contribution in [0.1, 0.15) is 16.8 Å². The first kappa shape index (κ1) is 18.8. The predicted octanol–water partition coefficient (Wildman–Crippen LogP) is 5.30. The number of benzene rings is 2. The number of hydrazone groups is 1. The van der Waals surface area contributed by atoms with Crippen molar-refractivity contribution in [1.82, 2.24) is 9.78 Å². The Bertz CT molecular complexity index is 1060. The highest BCUT2D eigenvalue weighted by molar-refractivity contribution is 9.10. The molecule has 0 amide bonds. The molecule has 1 heterocycles. The maximum absolute atomic E-state index is 12.7. The van der Waals surface area contributed by atoms with Crippen LogP contribution in [0.25, 0.3) is 5.69 Å². The number of H-pyrrole nitrogens is 1. The summed E-state index contributed by atoms with van der Waals surface area (Å²) in [4.78, 5) is 12.7. The molecule has 26 heavy (non-hydrogen) atoms. The molecular formula is C18H15BrCl2N4O. The summed E-state index contributed by atoms with van der Waals surface area (Å²) < 4.78 is 2.48. The second-order valence-corrected chi connectivity index (χ2v) is 7.34. The predicted molar refractivity (Wildman–Crippen MR) is 111 cm³/mol. The smallest absolute Gasteiger partial charge is 0.280 e. The molecule has 0 atom stereocenters. The number of aryl methyl sites for hydroxylation is 2. The Kier molecular flexibility index (Phi) is 5.55. The molecule has 134 valence electrons. The number of aromatic nitrogens is 2. The fourth-order valence-corrected chi connectivity index (χ4v) is 3.01. The minimum atomic E-state index is -0.188. The molecule has 0 bridgehead atoms. The van der Waals surface area contributed by atoms with Gasteiger partial charge < -0.3 is 0 Å². The van der Waals surface area contributed by atoms with Gasteiger partial charge in [0, 0.05) is 10.2 Å². The van der Waals surface area contributed by atoms with Gasteiger partial charge in [-0.25, -0.2) is 4.68 Å². The molecule has 0 spiro atoms. The Balaban J connectivity index is 1.89. The zero-order valence-corrected chi connectivity index (χ0v) is 17.1. The lowest BCUT2D eigenvalue weighted by atomic mass is 10.2. The Hall–Kier alpha value is -2.02. The first-order chi connectivity index (χ1) is 12.4. The highest BCUT2D eigenvalue weighted by atomic mass is 79.9. The van der Waals surface area contributed by atoms with Crippen molar-refractivity contribution < 1.29 is 0 Å². The molecule has 0 radical (unpaired) electrons. The van der Waals surface area contributed by atoms with Gasteiger partial charge >= 0.3 is 0 Å². The van der Waals surface area contributed by atoms with Gasteiger partial charge in [-0.3, -0.25) is 15.3 Å². The standard InChI is InChI=1S/C18H15BrCl2N4O/c1-10-8-12(6-7-14(10)19)25-18(26)13(11(2)24-25)9-22-23-16-5-3-4-15(20)17(16)21/h3-9,23-24H,1-2H3. The molecule has 0 unspecified atom stereocenters. The maximum Gasteiger partial charge on any atom is 0.280 e. The molecule has 8 heteroatoms. The monoisotopic (exact) mass is 452 g/mol. The van der Waals surface area contributed by atoms with E-state index >= 15 is 0 Å². The molecule has 5 nitrogen and oxygen atoms in total. The summed E-state index contributed by atoms with van der Waals surface area (Å²) in [6.45, 7) is 3.78. The number of halogens is 3. The fraction of sp³-hybridized carbons (Fsp3) is 0.111. The van der Waals surface area contributed by atoms with Crippen molar-refractivity contribution in [3.8, 4) is 5.69 Å². The molecule has 0 saturated heterocycles. The molecule has 1 aromatic heterocycles. The zero-order chi connectivity index (χ0) is 18.8. The number of hydrogen-bond acceptors (Lipinski definition) is 3. The average molecular weight is 454 g/mol. The van der Waals surface area contributed by atoms with Crippen molar-refractivity contribution in [2.75, 3.05) is 5.43 Å². The summed E-state index contributed by atoms with van der Waals surface area (Å²) in [5.41, 5.74) is 6.13. The van der Waals surface area contributed by atoms with Gasteiger partial charge in [0.1, 0.15) is 0 Å². The van der Waals surface area contributed by atoms with E-state index in [4.69, 9.17) is 23.2 Å². The lowest BCUT2D eigenvalue weighted by Crippen LogP contribution is -2.17. The molecular weight excluding hydrogens is 439 g/mol. The zero-order valence-electron chi connectivity index (χ0n) is 14.0. The highest BCUT2D eigenvalue weighted by Gasteiger charge is 2.11. The van der Waals surface area contributed by atoms with Crippen LogP contribution in [0.5, 0.6) is 0 Å². The van der Waals surface area contributed by atoms with Gasteiger partial charge in [-0.05, 0) is 49.7 Å². The Labute approximate surface area is 168 Å². The first-order valence-electron chi connectivity index (χ1n) is 7.69. The van der Waals surface area contributed by atoms with Crippen molar-refractivity contribution in [3.05, 3.63) is 78.1 Å². The lowest BCUT2D eigenvalue weighted by Gasteiger charge is -2.04. The van der Waals surface area contributed by atoms with E-state index in [-0.39, 0.29) is 5.56 Å². The summed E-state index contributed by atoms with van der Waals surface area (Å²) in [6, 6.07) is 10.9. The number of nitrogens with one attached hydrogen (secondary N) is 2. The third-order valence-corrected chi connectivity index (χ3v) is 5.56. The van der Waals surface area contributed by atoms with E-state index in [9.17, 15) is 4.79 Å². The molecule has 3 rings (SSSR count). The van der Waals surface area contributed by atoms with E-state index < -0.39 is 0 Å². The number of rotatable bonds is 4. The van der Waals surface area contributed by atoms with E-state index in [1.807, 2.05) is 32.0 Å². The van der Waals surface area contributed by atoms with Crippen LogP contribution in [0.2, 0.25) is 10.0 Å². The van der Waals surface area contributed by atoms with Crippen LogP contribution < -0.4 is 11.0 Å². The van der Waals surface area contributed by atoms with Crippen LogP contribution in [0.3, 0.4) is 0 Å². The third-order valence-electron chi connectivity index (χ3n) is 3.85. The lowest BCUT2D eigenvalue weighted by molar-refractivity contribution is 0.834. The van der Waals surface area contributed by atoms with Crippen LogP contribution in [0.15, 0.2) is 50.8 Å². The van der Waals surface area contributed by atoms with Gasteiger partial charge in [-0.2, -0.15) is 5.10 Å². The largest absolute Gasteiger partial charge is 0.295 e. The molecule has 2 aromatic carbocycles. The van der Waals surface area contributed by atoms with E-state index in [0.717, 1.165) is 15.7 Å². The summed E-state index contributed by atoms with van der Waals surface area (Å²) in [6.07, 6.45) is 1.47. The molecule has 0 aliphatic heterocycles. The van der Waals surface area contributed by atoms with Crippen LogP contribution in [-0.4, -0.2) is 16.0 Å². The second kappa shape index (κ2) is 7.70. The maximum atomic E-state index is 12.7. The van der Waals surface area contributed by atoms with Crippen LogP contribution in [0.4, 0.5) is 5.69 Å². The SMILES string of the molecule is Cc1cc(-n2[nH]c(C)c(C=NNc3cccc(Cl)c3Cl)c2=O)ccc1Br. The summed E-state index contributed by atoms with van der Waals surface area (Å²) in [7, 11) is 0. The summed E-state index contributed by atoms with van der Waals surface area (Å²) >= 11 is 15.5. The van der Waals surface area contributed by atoms with E-state index in [1.54, 1.807) is 18.2 Å².